The molecule has 1 aromatic carbocycles. The first-order valence-corrected chi connectivity index (χ1v) is 8.50. The number of carbonyl (C=O) groups excluding carboxylic acids is 2. The maximum Gasteiger partial charge on any atom is 0.313 e. The van der Waals surface area contributed by atoms with Gasteiger partial charge >= 0.3 is 11.8 Å². The van der Waals surface area contributed by atoms with E-state index < -0.39 is 11.8 Å². The predicted octanol–water partition coefficient (Wildman–Crippen LogP) is 2.73. The molecule has 0 spiro atoms. The molecule has 0 atom stereocenters. The zero-order chi connectivity index (χ0) is 16.8. The first kappa shape index (κ1) is 17.3. The maximum absolute atomic E-state index is 12.2. The number of rotatable bonds is 4. The van der Waals surface area contributed by atoms with Crippen LogP contribution in [0.3, 0.4) is 0 Å². The summed E-state index contributed by atoms with van der Waals surface area (Å²) in [6, 6.07) is 7.62. The number of hydrogen-bond acceptors (Lipinski definition) is 3. The van der Waals surface area contributed by atoms with Crippen molar-refractivity contribution in [3.05, 3.63) is 24.3 Å². The van der Waals surface area contributed by atoms with Gasteiger partial charge in [-0.2, -0.15) is 0 Å². The molecule has 5 nitrogen and oxygen atoms in total. The molecule has 0 unspecified atom stereocenters. The fourth-order valence-electron chi connectivity index (χ4n) is 2.88. The molecule has 1 N–H and O–H groups in total. The van der Waals surface area contributed by atoms with Gasteiger partial charge in [0, 0.05) is 37.6 Å². The van der Waals surface area contributed by atoms with Gasteiger partial charge in [-0.3, -0.25) is 9.59 Å². The van der Waals surface area contributed by atoms with E-state index in [0.717, 1.165) is 31.6 Å². The predicted molar refractivity (Wildman–Crippen MR) is 93.6 cm³/mol. The number of hydrogen-bond donors (Lipinski definition) is 1. The number of piperidine rings is 1. The Balaban J connectivity index is 1.93. The van der Waals surface area contributed by atoms with E-state index in [2.05, 4.69) is 31.0 Å². The molecule has 1 aromatic rings. The molecule has 0 aromatic heterocycles. The average Bonchev–Trinajstić information content (AvgIpc) is 2.57. The van der Waals surface area contributed by atoms with Gasteiger partial charge in [0.2, 0.25) is 0 Å². The van der Waals surface area contributed by atoms with Crippen LogP contribution in [-0.4, -0.2) is 42.9 Å². The van der Waals surface area contributed by atoms with Crippen LogP contribution < -0.4 is 10.2 Å². The molecule has 0 aliphatic carbocycles. The van der Waals surface area contributed by atoms with E-state index in [1.54, 1.807) is 4.90 Å². The molecule has 2 amide bonds. The Morgan fingerprint density at radius 1 is 1.13 bits per heavy atom. The molecule has 126 valence electrons. The second kappa shape index (κ2) is 7.99. The van der Waals surface area contributed by atoms with Gasteiger partial charge in [0.05, 0.1) is 0 Å². The average molecular weight is 317 g/mol. The van der Waals surface area contributed by atoms with E-state index in [1.807, 2.05) is 24.3 Å². The van der Waals surface area contributed by atoms with Gasteiger partial charge in [-0.05, 0) is 56.9 Å². The lowest BCUT2D eigenvalue weighted by Gasteiger charge is -2.29. The number of nitrogens with zero attached hydrogens (tertiary/aromatic N) is 2. The van der Waals surface area contributed by atoms with Crippen molar-refractivity contribution in [2.45, 2.75) is 33.6 Å². The van der Waals surface area contributed by atoms with Crippen LogP contribution in [0, 0.1) is 5.92 Å². The molecule has 1 heterocycles. The molecule has 0 radical (unpaired) electrons. The van der Waals surface area contributed by atoms with Gasteiger partial charge in [0.1, 0.15) is 0 Å². The lowest BCUT2D eigenvalue weighted by atomic mass is 9.99. The molecule has 1 aliphatic heterocycles. The van der Waals surface area contributed by atoms with Crippen molar-refractivity contribution in [2.24, 2.45) is 5.92 Å². The summed E-state index contributed by atoms with van der Waals surface area (Å²) in [7, 11) is 0. The highest BCUT2D eigenvalue weighted by Crippen LogP contribution is 2.19. The van der Waals surface area contributed by atoms with Crippen LogP contribution in [0.15, 0.2) is 24.3 Å². The molecule has 2 rings (SSSR count). The Bertz CT molecular complexity index is 530. The van der Waals surface area contributed by atoms with Crippen LogP contribution in [0.2, 0.25) is 0 Å². The van der Waals surface area contributed by atoms with E-state index in [9.17, 15) is 9.59 Å². The highest BCUT2D eigenvalue weighted by molar-refractivity contribution is 6.39. The quantitative estimate of drug-likeness (QED) is 0.869. The van der Waals surface area contributed by atoms with Crippen LogP contribution >= 0.6 is 0 Å². The van der Waals surface area contributed by atoms with Crippen LogP contribution in [0.25, 0.3) is 0 Å². The summed E-state index contributed by atoms with van der Waals surface area (Å²) in [5.74, 6) is -0.338. The molecular weight excluding hydrogens is 290 g/mol. The molecule has 5 heteroatoms. The van der Waals surface area contributed by atoms with E-state index in [0.29, 0.717) is 24.7 Å². The summed E-state index contributed by atoms with van der Waals surface area (Å²) >= 11 is 0. The summed E-state index contributed by atoms with van der Waals surface area (Å²) < 4.78 is 0. The van der Waals surface area contributed by atoms with Crippen molar-refractivity contribution < 1.29 is 9.59 Å². The minimum absolute atomic E-state index is 0.426. The number of carbonyl (C=O) groups is 2. The Hall–Kier alpha value is -2.04. The third kappa shape index (κ3) is 4.47. The van der Waals surface area contributed by atoms with Crippen LogP contribution in [0.4, 0.5) is 11.4 Å². The zero-order valence-electron chi connectivity index (χ0n) is 14.3. The SMILES string of the molecule is CCN(CC)c1ccc(NC(=O)C(=O)N2CCC(C)CC2)cc1. The van der Waals surface area contributed by atoms with Crippen molar-refractivity contribution in [1.29, 1.82) is 0 Å². The normalized spacial score (nSPS) is 15.3. The first-order valence-electron chi connectivity index (χ1n) is 8.50. The molecular formula is C18H27N3O2. The zero-order valence-corrected chi connectivity index (χ0v) is 14.3. The number of anilines is 2. The summed E-state index contributed by atoms with van der Waals surface area (Å²) in [6.45, 7) is 9.62. The Morgan fingerprint density at radius 3 is 2.22 bits per heavy atom. The Labute approximate surface area is 138 Å². The number of nitrogens with one attached hydrogen (secondary N) is 1. The summed E-state index contributed by atoms with van der Waals surface area (Å²) in [6.07, 6.45) is 1.94. The van der Waals surface area contributed by atoms with Gasteiger partial charge in [0.15, 0.2) is 0 Å². The summed E-state index contributed by atoms with van der Waals surface area (Å²) in [5, 5.41) is 2.70. The van der Waals surface area contributed by atoms with E-state index >= 15 is 0 Å². The maximum atomic E-state index is 12.2. The lowest BCUT2D eigenvalue weighted by Crippen LogP contribution is -2.43. The topological polar surface area (TPSA) is 52.7 Å². The van der Waals surface area contributed by atoms with Gasteiger partial charge in [-0.1, -0.05) is 6.92 Å². The molecule has 1 aliphatic rings. The second-order valence-electron chi connectivity index (χ2n) is 6.15. The van der Waals surface area contributed by atoms with Gasteiger partial charge in [-0.15, -0.1) is 0 Å². The van der Waals surface area contributed by atoms with Crippen LogP contribution in [0.5, 0.6) is 0 Å². The largest absolute Gasteiger partial charge is 0.372 e. The third-order valence-corrected chi connectivity index (χ3v) is 4.52. The second-order valence-corrected chi connectivity index (χ2v) is 6.15. The van der Waals surface area contributed by atoms with Crippen molar-refractivity contribution >= 4 is 23.2 Å². The van der Waals surface area contributed by atoms with Crippen LogP contribution in [0.1, 0.15) is 33.6 Å². The standard InChI is InChI=1S/C18H27N3O2/c1-4-20(5-2)16-8-6-15(7-9-16)19-17(22)18(23)21-12-10-14(3)11-13-21/h6-9,14H,4-5,10-13H2,1-3H3,(H,19,22). The van der Waals surface area contributed by atoms with Gasteiger partial charge < -0.3 is 15.1 Å². The lowest BCUT2D eigenvalue weighted by molar-refractivity contribution is -0.144. The third-order valence-electron chi connectivity index (χ3n) is 4.52. The summed E-state index contributed by atoms with van der Waals surface area (Å²) in [5.41, 5.74) is 1.77. The van der Waals surface area contributed by atoms with Gasteiger partial charge in [0.25, 0.3) is 0 Å². The van der Waals surface area contributed by atoms with E-state index in [-0.39, 0.29) is 0 Å². The van der Waals surface area contributed by atoms with Crippen molar-refractivity contribution in [3.63, 3.8) is 0 Å². The smallest absolute Gasteiger partial charge is 0.313 e. The minimum atomic E-state index is -0.546. The van der Waals surface area contributed by atoms with Crippen molar-refractivity contribution in [1.82, 2.24) is 4.90 Å². The number of amides is 2. The molecule has 1 fully saturated rings. The van der Waals surface area contributed by atoms with Crippen LogP contribution in [-0.2, 0) is 9.59 Å². The summed E-state index contributed by atoms with van der Waals surface area (Å²) in [4.78, 5) is 28.2. The monoisotopic (exact) mass is 317 g/mol. The molecule has 0 bridgehead atoms. The molecule has 1 saturated heterocycles. The van der Waals surface area contributed by atoms with Gasteiger partial charge in [-0.25, -0.2) is 0 Å². The Morgan fingerprint density at radius 2 is 1.70 bits per heavy atom. The van der Waals surface area contributed by atoms with Crippen molar-refractivity contribution in [3.8, 4) is 0 Å². The minimum Gasteiger partial charge on any atom is -0.372 e. The highest BCUT2D eigenvalue weighted by atomic mass is 16.2. The first-order chi connectivity index (χ1) is 11.0. The molecule has 23 heavy (non-hydrogen) atoms. The van der Waals surface area contributed by atoms with Crippen molar-refractivity contribution in [2.75, 3.05) is 36.4 Å². The fourth-order valence-corrected chi connectivity index (χ4v) is 2.88. The highest BCUT2D eigenvalue weighted by Gasteiger charge is 2.25. The number of benzene rings is 1. The molecule has 0 saturated carbocycles. The van der Waals surface area contributed by atoms with E-state index in [4.69, 9.17) is 0 Å². The fraction of sp³-hybridized carbons (Fsp3) is 0.556. The Kier molecular flexibility index (Phi) is 6.02. The van der Waals surface area contributed by atoms with E-state index in [1.165, 1.54) is 0 Å². The number of likely N-dealkylation sites (tertiary alicyclic amines) is 1.